The van der Waals surface area contributed by atoms with E-state index >= 15 is 0 Å². The lowest BCUT2D eigenvalue weighted by Crippen LogP contribution is -2.35. The number of piperidine rings is 1. The lowest BCUT2D eigenvalue weighted by atomic mass is 9.92. The number of anilines is 2. The molecule has 1 fully saturated rings. The van der Waals surface area contributed by atoms with Crippen molar-refractivity contribution in [2.45, 2.75) is 26.2 Å². The summed E-state index contributed by atoms with van der Waals surface area (Å²) in [5, 5.41) is 9.81. The second-order valence-corrected chi connectivity index (χ2v) is 7.71. The molecule has 1 aliphatic rings. The molecule has 31 heavy (non-hydrogen) atoms. The molecule has 3 N–H and O–H groups in total. The van der Waals surface area contributed by atoms with Crippen molar-refractivity contribution in [1.29, 1.82) is 0 Å². The minimum Gasteiger partial charge on any atom is -0.368 e. The number of nitrogens with zero attached hydrogens (tertiary/aromatic N) is 5. The quantitative estimate of drug-likeness (QED) is 0.526. The topological polar surface area (TPSA) is 104 Å². The van der Waals surface area contributed by atoms with Crippen LogP contribution in [-0.4, -0.2) is 50.4 Å². The SMILES string of the molecule is CCNC(=O)Nc1cc(CC2CCN(c3ccc(-c4ncc[nH]4)nc3F)CC2)n(C)n1. The van der Waals surface area contributed by atoms with E-state index in [-0.39, 0.29) is 6.03 Å². The Bertz CT molecular complexity index is 1020. The molecular weight excluding hydrogens is 399 g/mol. The number of carbonyl (C=O) groups is 1. The molecule has 1 saturated heterocycles. The Kier molecular flexibility index (Phi) is 6.15. The van der Waals surface area contributed by atoms with Crippen molar-refractivity contribution in [1.82, 2.24) is 30.0 Å². The monoisotopic (exact) mass is 426 g/mol. The zero-order valence-electron chi connectivity index (χ0n) is 17.7. The highest BCUT2D eigenvalue weighted by molar-refractivity contribution is 5.88. The number of halogens is 1. The largest absolute Gasteiger partial charge is 0.368 e. The molecule has 0 aromatic carbocycles. The Morgan fingerprint density at radius 3 is 2.81 bits per heavy atom. The summed E-state index contributed by atoms with van der Waals surface area (Å²) in [4.78, 5) is 24.9. The van der Waals surface area contributed by atoms with Crippen molar-refractivity contribution < 1.29 is 9.18 Å². The summed E-state index contributed by atoms with van der Waals surface area (Å²) in [5.41, 5.74) is 2.10. The van der Waals surface area contributed by atoms with Crippen LogP contribution in [0.3, 0.4) is 0 Å². The van der Waals surface area contributed by atoms with E-state index in [0.717, 1.165) is 38.0 Å². The first-order chi connectivity index (χ1) is 15.0. The van der Waals surface area contributed by atoms with Crippen LogP contribution in [0.5, 0.6) is 0 Å². The fourth-order valence-electron chi connectivity index (χ4n) is 3.95. The molecule has 0 atom stereocenters. The van der Waals surface area contributed by atoms with E-state index in [1.807, 2.05) is 24.7 Å². The van der Waals surface area contributed by atoms with Crippen LogP contribution in [0.1, 0.15) is 25.5 Å². The van der Waals surface area contributed by atoms with Crippen molar-refractivity contribution in [3.8, 4) is 11.5 Å². The maximum absolute atomic E-state index is 14.6. The number of aromatic amines is 1. The fraction of sp³-hybridized carbons (Fsp3) is 0.429. The summed E-state index contributed by atoms with van der Waals surface area (Å²) < 4.78 is 16.5. The van der Waals surface area contributed by atoms with Crippen LogP contribution in [0, 0.1) is 11.9 Å². The summed E-state index contributed by atoms with van der Waals surface area (Å²) in [6, 6.07) is 5.23. The van der Waals surface area contributed by atoms with Gasteiger partial charge < -0.3 is 15.2 Å². The highest BCUT2D eigenvalue weighted by Crippen LogP contribution is 2.28. The van der Waals surface area contributed by atoms with Crippen LogP contribution >= 0.6 is 0 Å². The normalized spacial score (nSPS) is 14.6. The molecule has 4 rings (SSSR count). The summed E-state index contributed by atoms with van der Waals surface area (Å²) in [6.07, 6.45) is 6.07. The van der Waals surface area contributed by atoms with Gasteiger partial charge in [-0.15, -0.1) is 0 Å². The number of aryl methyl sites for hydroxylation is 1. The first-order valence-electron chi connectivity index (χ1n) is 10.5. The van der Waals surface area contributed by atoms with Gasteiger partial charge in [-0.05, 0) is 44.2 Å². The smallest absolute Gasteiger partial charge is 0.320 e. The number of rotatable bonds is 6. The van der Waals surface area contributed by atoms with Gasteiger partial charge in [-0.25, -0.2) is 14.8 Å². The number of amides is 2. The third kappa shape index (κ3) is 4.84. The van der Waals surface area contributed by atoms with Crippen LogP contribution in [0.15, 0.2) is 30.6 Å². The second-order valence-electron chi connectivity index (χ2n) is 7.71. The van der Waals surface area contributed by atoms with Gasteiger partial charge in [0.25, 0.3) is 0 Å². The third-order valence-corrected chi connectivity index (χ3v) is 5.58. The van der Waals surface area contributed by atoms with Gasteiger partial charge in [0, 0.05) is 50.8 Å². The van der Waals surface area contributed by atoms with Gasteiger partial charge in [0.15, 0.2) is 11.6 Å². The van der Waals surface area contributed by atoms with E-state index in [9.17, 15) is 9.18 Å². The molecule has 0 radical (unpaired) electrons. The number of nitrogens with one attached hydrogen (secondary N) is 3. The predicted octanol–water partition coefficient (Wildman–Crippen LogP) is 2.94. The maximum Gasteiger partial charge on any atom is 0.320 e. The van der Waals surface area contributed by atoms with Gasteiger partial charge >= 0.3 is 6.03 Å². The van der Waals surface area contributed by atoms with Crippen molar-refractivity contribution >= 4 is 17.5 Å². The first-order valence-corrected chi connectivity index (χ1v) is 10.5. The number of urea groups is 1. The van der Waals surface area contributed by atoms with Gasteiger partial charge in [0.1, 0.15) is 5.69 Å². The van der Waals surface area contributed by atoms with Crippen LogP contribution in [0.4, 0.5) is 20.7 Å². The minimum absolute atomic E-state index is 0.255. The lowest BCUT2D eigenvalue weighted by molar-refractivity contribution is 0.252. The summed E-state index contributed by atoms with van der Waals surface area (Å²) in [6.45, 7) is 3.97. The molecule has 0 unspecified atom stereocenters. The van der Waals surface area contributed by atoms with Gasteiger partial charge in [0.05, 0.1) is 5.69 Å². The molecule has 10 heteroatoms. The zero-order chi connectivity index (χ0) is 21.8. The highest BCUT2D eigenvalue weighted by atomic mass is 19.1. The number of H-pyrrole nitrogens is 1. The Labute approximate surface area is 180 Å². The second kappa shape index (κ2) is 9.15. The average molecular weight is 427 g/mol. The van der Waals surface area contributed by atoms with Crippen LogP contribution in [0.2, 0.25) is 0 Å². The molecule has 0 aliphatic carbocycles. The van der Waals surface area contributed by atoms with E-state index in [2.05, 4.69) is 35.6 Å². The standard InChI is InChI=1S/C21H27FN8O/c1-3-23-21(31)27-18-13-15(29(2)28-18)12-14-6-10-30(11-7-14)17-5-4-16(26-19(17)22)20-24-8-9-25-20/h4-5,8-9,13-14H,3,6-7,10-12H2,1-2H3,(H,24,25)(H2,23,27,28,31). The number of aromatic nitrogens is 5. The van der Waals surface area contributed by atoms with Crippen LogP contribution in [-0.2, 0) is 13.5 Å². The molecular formula is C21H27FN8O. The Morgan fingerprint density at radius 1 is 1.32 bits per heavy atom. The Hall–Kier alpha value is -3.43. The predicted molar refractivity (Wildman–Crippen MR) is 116 cm³/mol. The Balaban J connectivity index is 1.34. The molecule has 0 saturated carbocycles. The number of carbonyl (C=O) groups excluding carboxylic acids is 1. The number of pyridine rings is 1. The molecule has 2 amide bonds. The molecule has 9 nitrogen and oxygen atoms in total. The van der Waals surface area contributed by atoms with Gasteiger partial charge in [0.2, 0.25) is 5.95 Å². The molecule has 0 bridgehead atoms. The van der Waals surface area contributed by atoms with Crippen molar-refractivity contribution in [2.75, 3.05) is 29.9 Å². The highest BCUT2D eigenvalue weighted by Gasteiger charge is 2.23. The Morgan fingerprint density at radius 2 is 2.13 bits per heavy atom. The summed E-state index contributed by atoms with van der Waals surface area (Å²) in [5.74, 6) is 1.11. The number of hydrogen-bond donors (Lipinski definition) is 3. The molecule has 1 aliphatic heterocycles. The van der Waals surface area contributed by atoms with Crippen molar-refractivity contribution in [3.63, 3.8) is 0 Å². The van der Waals surface area contributed by atoms with Crippen LogP contribution in [0.25, 0.3) is 11.5 Å². The zero-order valence-corrected chi connectivity index (χ0v) is 17.7. The van der Waals surface area contributed by atoms with E-state index in [4.69, 9.17) is 0 Å². The van der Waals surface area contributed by atoms with Gasteiger partial charge in [-0.3, -0.25) is 10.00 Å². The summed E-state index contributed by atoms with van der Waals surface area (Å²) >= 11 is 0. The average Bonchev–Trinajstić information content (AvgIpc) is 3.39. The molecule has 3 aromatic heterocycles. The number of imidazole rings is 1. The molecule has 0 spiro atoms. The van der Waals surface area contributed by atoms with E-state index in [1.54, 1.807) is 24.5 Å². The van der Waals surface area contributed by atoms with Crippen molar-refractivity contribution in [2.24, 2.45) is 13.0 Å². The third-order valence-electron chi connectivity index (χ3n) is 5.58. The summed E-state index contributed by atoms with van der Waals surface area (Å²) in [7, 11) is 1.88. The van der Waals surface area contributed by atoms with Crippen molar-refractivity contribution in [3.05, 3.63) is 42.2 Å². The van der Waals surface area contributed by atoms with Crippen LogP contribution < -0.4 is 15.5 Å². The molecule has 4 heterocycles. The van der Waals surface area contributed by atoms with Gasteiger partial charge in [-0.1, -0.05) is 0 Å². The van der Waals surface area contributed by atoms with E-state index in [1.165, 1.54) is 0 Å². The molecule has 3 aromatic rings. The first kappa shape index (κ1) is 20.8. The van der Waals surface area contributed by atoms with E-state index in [0.29, 0.717) is 35.5 Å². The van der Waals surface area contributed by atoms with E-state index < -0.39 is 5.95 Å². The number of hydrogen-bond acceptors (Lipinski definition) is 5. The molecule has 164 valence electrons. The fourth-order valence-corrected chi connectivity index (χ4v) is 3.95. The minimum atomic E-state index is -0.472. The lowest BCUT2D eigenvalue weighted by Gasteiger charge is -2.33. The maximum atomic E-state index is 14.6. The van der Waals surface area contributed by atoms with Gasteiger partial charge in [-0.2, -0.15) is 9.49 Å².